The Kier molecular flexibility index (Phi) is 34.0. The topological polar surface area (TPSA) is 66.2 Å². The average Bonchev–Trinajstić information content (AvgIpc) is 0.801. The summed E-state index contributed by atoms with van der Waals surface area (Å²) < 4.78 is 123. The third-order valence-electron chi connectivity index (χ3n) is 11.9. The van der Waals surface area contributed by atoms with E-state index in [9.17, 15) is 43.9 Å². The molecule has 0 amide bonds. The van der Waals surface area contributed by atoms with E-state index in [-0.39, 0.29) is 36.6 Å². The van der Waals surface area contributed by atoms with Gasteiger partial charge in [-0.1, -0.05) is 277 Å². The predicted molar refractivity (Wildman–Crippen MR) is 367 cm³/mol. The van der Waals surface area contributed by atoms with Gasteiger partial charge in [0.1, 0.15) is 5.82 Å². The lowest BCUT2D eigenvalue weighted by Crippen LogP contribution is -2.29. The number of pyridine rings is 2. The Morgan fingerprint density at radius 2 is 0.500 bits per heavy atom. The van der Waals surface area contributed by atoms with Crippen LogP contribution in [0.3, 0.4) is 0 Å². The minimum atomic E-state index is -4.00. The van der Waals surface area contributed by atoms with Crippen LogP contribution in [0.25, 0.3) is 89.5 Å². The van der Waals surface area contributed by atoms with Crippen LogP contribution in [0.5, 0.6) is 0 Å². The molecule has 0 spiro atoms. The second-order valence-corrected chi connectivity index (χ2v) is 20.0. The molecule has 0 radical (unpaired) electrons. The van der Waals surface area contributed by atoms with E-state index in [0.717, 1.165) is 67.2 Å². The van der Waals surface area contributed by atoms with Crippen molar-refractivity contribution in [3.8, 4) is 89.5 Å². The maximum Gasteiger partial charge on any atom is 0.488 e. The standard InChI is InChI=1S/C35H24FN.C23H14Cl2FN.C6H7BO2.3C2H3F3.3C2H6/c36-35-31(26-15-7-2-8-16-26)21-30(22-32(35)27-17-9-3-10-18-27)34-24-29(25-13-5-1-6-14-25)23-33(37-34)28-19-11-4-12-20-28;24-19-11-18(12-20(25)23(19)26)22-14-17(15-7-3-1-4-8-15)13-21(27-22)16-9-5-2-6-10-16;8-7(9)6-4-2-1-3-5-6;3*1-2(3,4)5;3*1-2/h1-24H;1-14H;1-5,8-9H;3*1H3;3*1-2H3. The van der Waals surface area contributed by atoms with E-state index in [4.69, 9.17) is 43.2 Å². The molecule has 11 aromatic rings. The van der Waals surface area contributed by atoms with Gasteiger partial charge in [0.25, 0.3) is 0 Å². The first-order valence-electron chi connectivity index (χ1n) is 29.6. The van der Waals surface area contributed by atoms with E-state index >= 15 is 4.39 Å². The molecule has 0 atom stereocenters. The maximum absolute atomic E-state index is 16.0. The second-order valence-electron chi connectivity index (χ2n) is 19.2. The van der Waals surface area contributed by atoms with Crippen molar-refractivity contribution in [1.29, 1.82) is 0 Å². The zero-order chi connectivity index (χ0) is 70.0. The highest BCUT2D eigenvalue weighted by Gasteiger charge is 2.20. The summed E-state index contributed by atoms with van der Waals surface area (Å²) >= 11 is 12.0. The molecule has 0 saturated carbocycles. The molecule has 0 unspecified atom stereocenters. The van der Waals surface area contributed by atoms with Gasteiger partial charge in [-0.3, -0.25) is 0 Å². The Morgan fingerprint density at radius 1 is 0.287 bits per heavy atom. The Morgan fingerprint density at radius 3 is 0.745 bits per heavy atom. The van der Waals surface area contributed by atoms with Gasteiger partial charge in [0.15, 0.2) is 5.82 Å². The van der Waals surface area contributed by atoms with Gasteiger partial charge in [0.2, 0.25) is 0 Å². The zero-order valence-corrected chi connectivity index (χ0v) is 54.6. The van der Waals surface area contributed by atoms with Crippen molar-refractivity contribution in [2.24, 2.45) is 0 Å². The summed E-state index contributed by atoms with van der Waals surface area (Å²) in [6.45, 7) is 12.6. The van der Waals surface area contributed by atoms with E-state index in [1.807, 2.05) is 230 Å². The van der Waals surface area contributed by atoms with Crippen LogP contribution >= 0.6 is 23.2 Å². The first kappa shape index (κ1) is 79.3. The third kappa shape index (κ3) is 28.9. The van der Waals surface area contributed by atoms with Crippen LogP contribution in [-0.4, -0.2) is 45.7 Å². The zero-order valence-electron chi connectivity index (χ0n) is 53.1. The number of hydrogen-bond acceptors (Lipinski definition) is 4. The number of benzene rings is 9. The molecule has 94 heavy (non-hydrogen) atoms. The molecule has 18 heteroatoms. The molecule has 0 aliphatic carbocycles. The molecule has 0 aliphatic heterocycles. The third-order valence-corrected chi connectivity index (χ3v) is 12.5. The summed E-state index contributed by atoms with van der Waals surface area (Å²) in [5.74, 6) is -0.853. The molecule has 2 N–H and O–H groups in total. The average molecular weight is 1340 g/mol. The molecule has 2 aromatic heterocycles. The quantitative estimate of drug-likeness (QED) is 0.0859. The summed E-state index contributed by atoms with van der Waals surface area (Å²) in [5.41, 5.74) is 14.3. The molecule has 492 valence electrons. The highest BCUT2D eigenvalue weighted by Crippen LogP contribution is 2.39. The van der Waals surface area contributed by atoms with Crippen LogP contribution < -0.4 is 5.46 Å². The van der Waals surface area contributed by atoms with Crippen molar-refractivity contribution in [3.05, 3.63) is 283 Å². The van der Waals surface area contributed by atoms with Crippen LogP contribution in [-0.2, 0) is 0 Å². The Labute approximate surface area is 554 Å². The number of rotatable bonds is 9. The monoisotopic (exact) mass is 1330 g/mol. The predicted octanol–water partition coefficient (Wildman–Crippen LogP) is 24.2. The van der Waals surface area contributed by atoms with Gasteiger partial charge in [-0.05, 0) is 87.4 Å². The van der Waals surface area contributed by atoms with Gasteiger partial charge in [-0.25, -0.2) is 18.7 Å². The van der Waals surface area contributed by atoms with Crippen LogP contribution in [0.15, 0.2) is 261 Å². The highest BCUT2D eigenvalue weighted by atomic mass is 35.5. The Hall–Kier alpha value is -8.93. The summed E-state index contributed by atoms with van der Waals surface area (Å²) in [5, 5.41) is 17.1. The smallest absolute Gasteiger partial charge is 0.423 e. The fraction of sp³-hybridized carbons (Fsp3) is 0.158. The Balaban J connectivity index is 0.000000350. The van der Waals surface area contributed by atoms with E-state index < -0.39 is 31.5 Å². The van der Waals surface area contributed by atoms with Crippen molar-refractivity contribution in [3.63, 3.8) is 0 Å². The first-order chi connectivity index (χ1) is 44.7. The van der Waals surface area contributed by atoms with E-state index in [2.05, 4.69) is 36.4 Å². The fourth-order valence-corrected chi connectivity index (χ4v) is 8.71. The van der Waals surface area contributed by atoms with Gasteiger partial charge in [0, 0.05) is 54.2 Å². The molecular formula is C76H72BCl2F11N2O2. The number of nitrogens with zero attached hydrogens (tertiary/aromatic N) is 2. The van der Waals surface area contributed by atoms with Crippen molar-refractivity contribution in [1.82, 2.24) is 9.97 Å². The van der Waals surface area contributed by atoms with Gasteiger partial charge in [0.05, 0.1) is 32.8 Å². The van der Waals surface area contributed by atoms with Gasteiger partial charge in [-0.2, -0.15) is 39.5 Å². The second kappa shape index (κ2) is 40.2. The van der Waals surface area contributed by atoms with Gasteiger partial charge in [-0.15, -0.1) is 0 Å². The SMILES string of the molecule is CC.CC.CC.CC(F)(F)F.CC(F)(F)F.CC(F)(F)F.Fc1c(-c2ccccc2)cc(-c2cc(-c3ccccc3)cc(-c3ccccc3)n2)cc1-c1ccccc1.Fc1c(Cl)cc(-c2cc(-c3ccccc3)cc(-c3ccccc3)n2)cc1Cl.OB(O)c1ccccc1. The minimum absolute atomic E-state index is 0.0225. The van der Waals surface area contributed by atoms with Crippen molar-refractivity contribution in [2.75, 3.05) is 0 Å². The summed E-state index contributed by atoms with van der Waals surface area (Å²) in [6.07, 6.45) is -12.0. The number of hydrogen-bond donors (Lipinski definition) is 2. The number of halogens is 13. The molecule has 0 aliphatic rings. The van der Waals surface area contributed by atoms with Crippen molar-refractivity contribution < 1.29 is 58.3 Å². The fourth-order valence-electron chi connectivity index (χ4n) is 8.22. The van der Waals surface area contributed by atoms with Crippen molar-refractivity contribution >= 4 is 35.8 Å². The maximum atomic E-state index is 16.0. The van der Waals surface area contributed by atoms with Crippen molar-refractivity contribution in [2.45, 2.75) is 80.8 Å². The molecule has 4 nitrogen and oxygen atoms in total. The summed E-state index contributed by atoms with van der Waals surface area (Å²) in [7, 11) is -1.34. The lowest BCUT2D eigenvalue weighted by molar-refractivity contribution is -0.111. The molecule has 2 heterocycles. The lowest BCUT2D eigenvalue weighted by atomic mass is 9.81. The lowest BCUT2D eigenvalue weighted by Gasteiger charge is -2.15. The largest absolute Gasteiger partial charge is 0.488 e. The number of aromatic nitrogens is 2. The summed E-state index contributed by atoms with van der Waals surface area (Å²) in [4.78, 5) is 9.85. The van der Waals surface area contributed by atoms with Gasteiger partial charge >= 0.3 is 25.6 Å². The molecule has 11 rings (SSSR count). The summed E-state index contributed by atoms with van der Waals surface area (Å²) in [6, 6.07) is 83.6. The number of alkyl halides is 9. The highest BCUT2D eigenvalue weighted by molar-refractivity contribution is 6.58. The minimum Gasteiger partial charge on any atom is -0.423 e. The molecular weight excluding hydrogens is 1260 g/mol. The molecule has 0 saturated heterocycles. The van der Waals surface area contributed by atoms with E-state index in [1.54, 1.807) is 36.4 Å². The first-order valence-corrected chi connectivity index (χ1v) is 30.4. The normalized spacial score (nSPS) is 10.3. The van der Waals surface area contributed by atoms with Crippen LogP contribution in [0.1, 0.15) is 62.3 Å². The van der Waals surface area contributed by atoms with Crippen LogP contribution in [0, 0.1) is 11.6 Å². The van der Waals surface area contributed by atoms with E-state index in [1.165, 1.54) is 0 Å². The van der Waals surface area contributed by atoms with Crippen LogP contribution in [0.4, 0.5) is 48.3 Å². The molecule has 0 fully saturated rings. The van der Waals surface area contributed by atoms with Crippen LogP contribution in [0.2, 0.25) is 10.0 Å². The van der Waals surface area contributed by atoms with E-state index in [0.29, 0.717) is 27.8 Å². The van der Waals surface area contributed by atoms with Gasteiger partial charge < -0.3 is 10.0 Å². The Bertz CT molecular complexity index is 3660. The molecule has 9 aromatic carbocycles. The molecule has 0 bridgehead atoms.